The van der Waals surface area contributed by atoms with Crippen LogP contribution in [0, 0.1) is 19.7 Å². The lowest BCUT2D eigenvalue weighted by Gasteiger charge is -2.13. The van der Waals surface area contributed by atoms with Crippen LogP contribution >= 0.6 is 15.9 Å². The summed E-state index contributed by atoms with van der Waals surface area (Å²) in [7, 11) is 5.80. The molecule has 0 bridgehead atoms. The molecular weight excluding hydrogens is 320 g/mol. The van der Waals surface area contributed by atoms with Gasteiger partial charge in [-0.25, -0.2) is 4.39 Å². The quantitative estimate of drug-likeness (QED) is 0.841. The number of carbonyl (C=O) groups is 1. The number of halogens is 2. The Bertz CT molecular complexity index is 688. The number of anilines is 1. The van der Waals surface area contributed by atoms with E-state index in [-0.39, 0.29) is 11.5 Å². The Kier molecular flexibility index (Phi) is 4.28. The molecular formula is C15H12BBrFNO. The molecule has 0 spiro atoms. The van der Waals surface area contributed by atoms with Crippen molar-refractivity contribution in [1.82, 2.24) is 0 Å². The normalized spacial score (nSPS) is 10.4. The van der Waals surface area contributed by atoms with Crippen molar-refractivity contribution in [2.24, 2.45) is 0 Å². The lowest BCUT2D eigenvalue weighted by atomic mass is 9.88. The lowest BCUT2D eigenvalue weighted by molar-refractivity contribution is 0.102. The van der Waals surface area contributed by atoms with E-state index in [1.54, 1.807) is 18.2 Å². The van der Waals surface area contributed by atoms with Gasteiger partial charge in [-0.3, -0.25) is 4.79 Å². The molecule has 0 unspecified atom stereocenters. The van der Waals surface area contributed by atoms with Crippen LogP contribution in [-0.4, -0.2) is 13.8 Å². The third kappa shape index (κ3) is 2.93. The minimum absolute atomic E-state index is 0.263. The first-order valence-corrected chi connectivity index (χ1v) is 6.81. The number of carbonyl (C=O) groups excluding carboxylic acids is 1. The van der Waals surface area contributed by atoms with Crippen LogP contribution in [0.2, 0.25) is 0 Å². The first kappa shape index (κ1) is 14.8. The van der Waals surface area contributed by atoms with Crippen molar-refractivity contribution >= 4 is 40.8 Å². The number of hydrogen-bond acceptors (Lipinski definition) is 1. The first-order valence-electron chi connectivity index (χ1n) is 6.02. The van der Waals surface area contributed by atoms with Crippen molar-refractivity contribution in [3.05, 3.63) is 57.3 Å². The Labute approximate surface area is 126 Å². The van der Waals surface area contributed by atoms with Gasteiger partial charge >= 0.3 is 0 Å². The molecule has 0 aromatic heterocycles. The van der Waals surface area contributed by atoms with Crippen LogP contribution in [0.3, 0.4) is 0 Å². The van der Waals surface area contributed by atoms with E-state index in [2.05, 4.69) is 21.2 Å². The van der Waals surface area contributed by atoms with Crippen molar-refractivity contribution in [2.75, 3.05) is 5.32 Å². The molecule has 2 radical (unpaired) electrons. The Morgan fingerprint density at radius 1 is 1.20 bits per heavy atom. The van der Waals surface area contributed by atoms with Crippen LogP contribution in [0.25, 0.3) is 0 Å². The minimum Gasteiger partial charge on any atom is -0.322 e. The number of amides is 1. The molecule has 2 rings (SSSR count). The van der Waals surface area contributed by atoms with Gasteiger partial charge in [-0.15, -0.1) is 0 Å². The summed E-state index contributed by atoms with van der Waals surface area (Å²) in [5.74, 6) is -0.827. The van der Waals surface area contributed by atoms with E-state index in [0.717, 1.165) is 11.1 Å². The molecule has 2 aromatic carbocycles. The molecule has 100 valence electrons. The Hall–Kier alpha value is -1.62. The topological polar surface area (TPSA) is 29.1 Å². The summed E-state index contributed by atoms with van der Waals surface area (Å²) in [6, 6.07) is 7.73. The summed E-state index contributed by atoms with van der Waals surface area (Å²) < 4.78 is 13.8. The van der Waals surface area contributed by atoms with Crippen molar-refractivity contribution in [1.29, 1.82) is 0 Å². The van der Waals surface area contributed by atoms with Crippen LogP contribution in [0.1, 0.15) is 21.5 Å². The maximum Gasteiger partial charge on any atom is 0.255 e. The molecule has 0 saturated heterocycles. The van der Waals surface area contributed by atoms with Gasteiger partial charge in [0.15, 0.2) is 0 Å². The molecule has 0 atom stereocenters. The molecule has 2 nitrogen and oxygen atoms in total. The second-order valence-corrected chi connectivity index (χ2v) is 5.39. The Morgan fingerprint density at radius 2 is 1.90 bits per heavy atom. The fourth-order valence-electron chi connectivity index (χ4n) is 1.81. The predicted molar refractivity (Wildman–Crippen MR) is 83.4 cm³/mol. The van der Waals surface area contributed by atoms with E-state index in [1.165, 1.54) is 12.1 Å². The average Bonchev–Trinajstić information content (AvgIpc) is 2.42. The molecule has 2 aromatic rings. The molecule has 0 aliphatic heterocycles. The summed E-state index contributed by atoms with van der Waals surface area (Å²) in [6.45, 7) is 3.77. The molecule has 0 heterocycles. The van der Waals surface area contributed by atoms with Crippen LogP contribution in [-0.2, 0) is 0 Å². The number of nitrogens with one attached hydrogen (secondary N) is 1. The molecule has 20 heavy (non-hydrogen) atoms. The monoisotopic (exact) mass is 331 g/mol. The Balaban J connectivity index is 2.28. The SMILES string of the molecule is [B]c1ccc(NC(=O)c2ccc(Br)c(F)c2)c(C)c1C. The molecule has 0 aliphatic rings. The highest BCUT2D eigenvalue weighted by atomic mass is 79.9. The lowest BCUT2D eigenvalue weighted by Crippen LogP contribution is -2.16. The summed E-state index contributed by atoms with van der Waals surface area (Å²) in [4.78, 5) is 12.1. The molecule has 0 saturated carbocycles. The van der Waals surface area contributed by atoms with Crippen molar-refractivity contribution < 1.29 is 9.18 Å². The third-order valence-electron chi connectivity index (χ3n) is 3.26. The summed E-state index contributed by atoms with van der Waals surface area (Å²) in [5.41, 5.74) is 3.43. The standard InChI is InChI=1S/C15H12BBrFNO/c1-8-9(2)14(6-4-11(8)16)19-15(20)10-3-5-12(17)13(18)7-10/h3-7H,1-2H3,(H,19,20). The van der Waals surface area contributed by atoms with Gasteiger partial charge in [-0.05, 0) is 59.6 Å². The van der Waals surface area contributed by atoms with Gasteiger partial charge in [0.1, 0.15) is 13.7 Å². The first-order chi connectivity index (χ1) is 9.40. The smallest absolute Gasteiger partial charge is 0.255 e. The van der Waals surface area contributed by atoms with Gasteiger partial charge < -0.3 is 5.32 Å². The zero-order valence-corrected chi connectivity index (χ0v) is 12.7. The van der Waals surface area contributed by atoms with Gasteiger partial charge in [0.2, 0.25) is 0 Å². The molecule has 1 N–H and O–H groups in total. The van der Waals surface area contributed by atoms with Gasteiger partial charge in [0.25, 0.3) is 5.91 Å². The highest BCUT2D eigenvalue weighted by molar-refractivity contribution is 9.10. The zero-order valence-electron chi connectivity index (χ0n) is 11.1. The van der Waals surface area contributed by atoms with Crippen LogP contribution in [0.5, 0.6) is 0 Å². The summed E-state index contributed by atoms with van der Waals surface area (Å²) in [5, 5.41) is 2.76. The van der Waals surface area contributed by atoms with E-state index in [0.29, 0.717) is 15.6 Å². The van der Waals surface area contributed by atoms with Gasteiger partial charge in [-0.1, -0.05) is 17.1 Å². The van der Waals surface area contributed by atoms with Crippen LogP contribution in [0.15, 0.2) is 34.8 Å². The molecule has 1 amide bonds. The maximum atomic E-state index is 13.4. The van der Waals surface area contributed by atoms with Gasteiger partial charge in [-0.2, -0.15) is 0 Å². The summed E-state index contributed by atoms with van der Waals surface area (Å²) in [6.07, 6.45) is 0. The van der Waals surface area contributed by atoms with E-state index >= 15 is 0 Å². The van der Waals surface area contributed by atoms with Gasteiger partial charge in [0, 0.05) is 11.3 Å². The highest BCUT2D eigenvalue weighted by Crippen LogP contribution is 2.20. The second kappa shape index (κ2) is 5.79. The van der Waals surface area contributed by atoms with E-state index in [9.17, 15) is 9.18 Å². The number of benzene rings is 2. The fraction of sp³-hybridized carbons (Fsp3) is 0.133. The predicted octanol–water partition coefficient (Wildman–Crippen LogP) is 3.25. The van der Waals surface area contributed by atoms with Crippen molar-refractivity contribution in [3.63, 3.8) is 0 Å². The minimum atomic E-state index is -0.470. The third-order valence-corrected chi connectivity index (χ3v) is 3.90. The zero-order chi connectivity index (χ0) is 14.9. The number of rotatable bonds is 2. The largest absolute Gasteiger partial charge is 0.322 e. The molecule has 5 heteroatoms. The highest BCUT2D eigenvalue weighted by Gasteiger charge is 2.11. The van der Waals surface area contributed by atoms with Crippen molar-refractivity contribution in [3.8, 4) is 0 Å². The Morgan fingerprint density at radius 3 is 2.55 bits per heavy atom. The fourth-order valence-corrected chi connectivity index (χ4v) is 2.06. The second-order valence-electron chi connectivity index (χ2n) is 4.54. The van der Waals surface area contributed by atoms with Crippen LogP contribution in [0.4, 0.5) is 10.1 Å². The average molecular weight is 332 g/mol. The summed E-state index contributed by atoms with van der Waals surface area (Å²) >= 11 is 3.05. The van der Waals surface area contributed by atoms with Crippen molar-refractivity contribution in [2.45, 2.75) is 13.8 Å². The molecule has 0 aliphatic carbocycles. The van der Waals surface area contributed by atoms with E-state index in [4.69, 9.17) is 7.85 Å². The number of hydrogen-bond donors (Lipinski definition) is 1. The molecule has 0 fully saturated rings. The maximum absolute atomic E-state index is 13.4. The van der Waals surface area contributed by atoms with Crippen LogP contribution < -0.4 is 10.8 Å². The van der Waals surface area contributed by atoms with Gasteiger partial charge in [0.05, 0.1) is 4.47 Å². The van der Waals surface area contributed by atoms with E-state index in [1.807, 2.05) is 13.8 Å². The van der Waals surface area contributed by atoms with E-state index < -0.39 is 5.82 Å².